The normalized spacial score (nSPS) is 20.9. The number of ether oxygens (including phenoxy) is 1. The molecule has 1 aromatic carbocycles. The van der Waals surface area contributed by atoms with E-state index in [-0.39, 0.29) is 16.5 Å². The first-order valence-corrected chi connectivity index (χ1v) is 5.32. The van der Waals surface area contributed by atoms with Crippen LogP contribution in [0.5, 0.6) is 0 Å². The number of hydrogen-bond acceptors (Lipinski definition) is 4. The lowest BCUT2D eigenvalue weighted by atomic mass is 10.0. The molecule has 0 amide bonds. The molecule has 2 aromatic rings. The van der Waals surface area contributed by atoms with Gasteiger partial charge in [0.2, 0.25) is 0 Å². The molecule has 0 bridgehead atoms. The van der Waals surface area contributed by atoms with Crippen molar-refractivity contribution in [2.75, 3.05) is 19.7 Å². The predicted octanol–water partition coefficient (Wildman–Crippen LogP) is 1.77. The van der Waals surface area contributed by atoms with Gasteiger partial charge in [0.1, 0.15) is 17.7 Å². The summed E-state index contributed by atoms with van der Waals surface area (Å²) in [4.78, 5) is 0. The Hall–Kier alpha value is -1.53. The van der Waals surface area contributed by atoms with Crippen molar-refractivity contribution in [1.82, 2.24) is 10.5 Å². The molecule has 1 aliphatic rings. The molecule has 1 aromatic heterocycles. The fourth-order valence-electron chi connectivity index (χ4n) is 2.01. The van der Waals surface area contributed by atoms with Crippen molar-refractivity contribution < 1.29 is 18.0 Å². The van der Waals surface area contributed by atoms with Gasteiger partial charge in [-0.25, -0.2) is 8.78 Å². The van der Waals surface area contributed by atoms with Crippen LogP contribution in [0.25, 0.3) is 11.0 Å². The van der Waals surface area contributed by atoms with E-state index in [2.05, 4.69) is 10.5 Å². The van der Waals surface area contributed by atoms with Gasteiger partial charge >= 0.3 is 0 Å². The quantitative estimate of drug-likeness (QED) is 0.825. The zero-order chi connectivity index (χ0) is 11.8. The van der Waals surface area contributed by atoms with Gasteiger partial charge in [0.15, 0.2) is 5.58 Å². The van der Waals surface area contributed by atoms with Gasteiger partial charge in [-0.3, -0.25) is 0 Å². The van der Waals surface area contributed by atoms with E-state index >= 15 is 0 Å². The van der Waals surface area contributed by atoms with Gasteiger partial charge in [0.25, 0.3) is 0 Å². The molecule has 1 saturated heterocycles. The van der Waals surface area contributed by atoms with E-state index in [4.69, 9.17) is 9.26 Å². The van der Waals surface area contributed by atoms with Gasteiger partial charge in [-0.1, -0.05) is 5.16 Å². The van der Waals surface area contributed by atoms with Gasteiger partial charge < -0.3 is 14.6 Å². The maximum atomic E-state index is 14.1. The average Bonchev–Trinajstić information content (AvgIpc) is 2.78. The molecule has 1 atom stereocenters. The third-order valence-corrected chi connectivity index (χ3v) is 2.84. The number of morpholine rings is 1. The van der Waals surface area contributed by atoms with Crippen molar-refractivity contribution in [1.29, 1.82) is 0 Å². The number of hydrogen-bond donors (Lipinski definition) is 1. The minimum absolute atomic E-state index is 0.0621. The highest BCUT2D eigenvalue weighted by Crippen LogP contribution is 2.30. The Balaban J connectivity index is 2.13. The van der Waals surface area contributed by atoms with Crippen LogP contribution in [0.4, 0.5) is 8.78 Å². The summed E-state index contributed by atoms with van der Waals surface area (Å²) in [6.07, 6.45) is 0.632. The lowest BCUT2D eigenvalue weighted by molar-refractivity contribution is 0.0234. The fraction of sp³-hybridized carbons (Fsp3) is 0.364. The van der Waals surface area contributed by atoms with Gasteiger partial charge in [0, 0.05) is 19.2 Å². The molecule has 1 unspecified atom stereocenters. The SMILES string of the molecule is Fc1cc2oncc2c(F)c1C1CNCCO1. The van der Waals surface area contributed by atoms with Crippen LogP contribution in [0.15, 0.2) is 16.8 Å². The molecule has 0 saturated carbocycles. The van der Waals surface area contributed by atoms with Crippen molar-refractivity contribution in [3.8, 4) is 0 Å². The zero-order valence-corrected chi connectivity index (χ0v) is 8.87. The van der Waals surface area contributed by atoms with Crippen molar-refractivity contribution in [3.05, 3.63) is 29.5 Å². The highest BCUT2D eigenvalue weighted by molar-refractivity contribution is 5.77. The molecule has 3 rings (SSSR count). The third-order valence-electron chi connectivity index (χ3n) is 2.84. The summed E-state index contributed by atoms with van der Waals surface area (Å²) in [7, 11) is 0. The van der Waals surface area contributed by atoms with E-state index in [1.54, 1.807) is 0 Å². The smallest absolute Gasteiger partial charge is 0.172 e. The molecule has 4 nitrogen and oxygen atoms in total. The van der Waals surface area contributed by atoms with E-state index in [1.807, 2.05) is 0 Å². The Bertz CT molecular complexity index is 550. The van der Waals surface area contributed by atoms with E-state index in [9.17, 15) is 8.78 Å². The first-order valence-electron chi connectivity index (χ1n) is 5.32. The van der Waals surface area contributed by atoms with Crippen LogP contribution in [0.1, 0.15) is 11.7 Å². The number of halogens is 2. The van der Waals surface area contributed by atoms with E-state index < -0.39 is 17.7 Å². The number of rotatable bonds is 1. The van der Waals surface area contributed by atoms with Crippen LogP contribution >= 0.6 is 0 Å². The summed E-state index contributed by atoms with van der Waals surface area (Å²) < 4.78 is 38.0. The van der Waals surface area contributed by atoms with Crippen LogP contribution in [0, 0.1) is 11.6 Å². The number of nitrogens with one attached hydrogen (secondary N) is 1. The van der Waals surface area contributed by atoms with Gasteiger partial charge in [0.05, 0.1) is 23.8 Å². The van der Waals surface area contributed by atoms with E-state index in [0.29, 0.717) is 19.7 Å². The summed E-state index contributed by atoms with van der Waals surface area (Å²) in [6.45, 7) is 1.52. The molecule has 17 heavy (non-hydrogen) atoms. The minimum atomic E-state index is -0.666. The van der Waals surface area contributed by atoms with Gasteiger partial charge in [-0.15, -0.1) is 0 Å². The van der Waals surface area contributed by atoms with Gasteiger partial charge in [-0.2, -0.15) is 0 Å². The van der Waals surface area contributed by atoms with Crippen LogP contribution < -0.4 is 5.32 Å². The Morgan fingerprint density at radius 2 is 2.29 bits per heavy atom. The Morgan fingerprint density at radius 1 is 1.41 bits per heavy atom. The molecule has 0 aliphatic carbocycles. The van der Waals surface area contributed by atoms with Crippen molar-refractivity contribution >= 4 is 11.0 Å². The first kappa shape index (κ1) is 10.6. The second-order valence-corrected chi connectivity index (χ2v) is 3.89. The van der Waals surface area contributed by atoms with Crippen LogP contribution in [0.3, 0.4) is 0 Å². The van der Waals surface area contributed by atoms with E-state index in [1.165, 1.54) is 6.20 Å². The lowest BCUT2D eigenvalue weighted by Gasteiger charge is -2.24. The maximum Gasteiger partial charge on any atom is 0.172 e. The molecular formula is C11H10F2N2O2. The van der Waals surface area contributed by atoms with E-state index in [0.717, 1.165) is 6.07 Å². The minimum Gasteiger partial charge on any atom is -0.371 e. The number of fused-ring (bicyclic) bond motifs is 1. The summed E-state index contributed by atoms with van der Waals surface area (Å²) in [6, 6.07) is 1.14. The second-order valence-electron chi connectivity index (χ2n) is 3.89. The molecule has 90 valence electrons. The van der Waals surface area contributed by atoms with Crippen LogP contribution in [0.2, 0.25) is 0 Å². The average molecular weight is 240 g/mol. The molecule has 0 radical (unpaired) electrons. The maximum absolute atomic E-state index is 14.1. The summed E-state index contributed by atoms with van der Waals surface area (Å²) >= 11 is 0. The highest BCUT2D eigenvalue weighted by Gasteiger charge is 2.26. The second kappa shape index (κ2) is 4.05. The number of aromatic nitrogens is 1. The topological polar surface area (TPSA) is 47.3 Å². The molecule has 1 N–H and O–H groups in total. The summed E-state index contributed by atoms with van der Waals surface area (Å²) in [5, 5.41) is 6.66. The van der Waals surface area contributed by atoms with Crippen LogP contribution in [-0.4, -0.2) is 24.9 Å². The molecule has 1 aliphatic heterocycles. The van der Waals surface area contributed by atoms with Crippen molar-refractivity contribution in [2.45, 2.75) is 6.10 Å². The monoisotopic (exact) mass is 240 g/mol. The largest absolute Gasteiger partial charge is 0.371 e. The molecule has 0 spiro atoms. The number of benzene rings is 1. The third kappa shape index (κ3) is 1.69. The molecule has 1 fully saturated rings. The zero-order valence-electron chi connectivity index (χ0n) is 8.87. The molecule has 6 heteroatoms. The van der Waals surface area contributed by atoms with Crippen LogP contribution in [-0.2, 0) is 4.74 Å². The Kier molecular flexibility index (Phi) is 2.53. The number of nitrogens with zero attached hydrogens (tertiary/aromatic N) is 1. The highest BCUT2D eigenvalue weighted by atomic mass is 19.1. The standard InChI is InChI=1S/C11H10F2N2O2/c12-7-3-8-6(4-15-17-8)11(13)10(7)9-5-14-1-2-16-9/h3-4,9,14H,1-2,5H2. The molecule has 2 heterocycles. The van der Waals surface area contributed by atoms with Crippen molar-refractivity contribution in [2.24, 2.45) is 0 Å². The summed E-state index contributed by atoms with van der Waals surface area (Å²) in [5.41, 5.74) is 0.0421. The lowest BCUT2D eigenvalue weighted by Crippen LogP contribution is -2.34. The Labute approximate surface area is 95.5 Å². The van der Waals surface area contributed by atoms with Crippen molar-refractivity contribution in [3.63, 3.8) is 0 Å². The molecular weight excluding hydrogens is 230 g/mol. The Morgan fingerprint density at radius 3 is 3.06 bits per heavy atom. The predicted molar refractivity (Wildman–Crippen MR) is 55.5 cm³/mol. The fourth-order valence-corrected chi connectivity index (χ4v) is 2.01. The first-order chi connectivity index (χ1) is 8.27. The van der Waals surface area contributed by atoms with Gasteiger partial charge in [-0.05, 0) is 0 Å². The summed E-state index contributed by atoms with van der Waals surface area (Å²) in [5.74, 6) is -1.32.